The molecule has 0 saturated carbocycles. The molecule has 1 fully saturated rings. The zero-order valence-electron chi connectivity index (χ0n) is 18.6. The predicted molar refractivity (Wildman–Crippen MR) is 127 cm³/mol. The van der Waals surface area contributed by atoms with Crippen LogP contribution in [0.1, 0.15) is 44.2 Å². The monoisotopic (exact) mass is 428 g/mol. The highest BCUT2D eigenvalue weighted by molar-refractivity contribution is 5.76. The van der Waals surface area contributed by atoms with Gasteiger partial charge in [0, 0.05) is 49.1 Å². The van der Waals surface area contributed by atoms with Crippen LogP contribution < -0.4 is 10.5 Å². The van der Waals surface area contributed by atoms with Gasteiger partial charge < -0.3 is 14.5 Å². The number of para-hydroxylation sites is 2. The minimum Gasteiger partial charge on any atom is -0.356 e. The minimum absolute atomic E-state index is 0.128. The van der Waals surface area contributed by atoms with Crippen LogP contribution in [-0.2, 0) is 12.8 Å². The predicted octanol–water partition coefficient (Wildman–Crippen LogP) is 4.15. The summed E-state index contributed by atoms with van der Waals surface area (Å²) in [6.07, 6.45) is 5.59. The summed E-state index contributed by atoms with van der Waals surface area (Å²) in [5.74, 6) is 2.71. The molecule has 3 aromatic heterocycles. The van der Waals surface area contributed by atoms with E-state index in [1.807, 2.05) is 19.1 Å². The van der Waals surface area contributed by atoms with Crippen LogP contribution in [0, 0.1) is 0 Å². The first-order valence-electron chi connectivity index (χ1n) is 11.4. The number of aromatic amines is 1. The highest BCUT2D eigenvalue weighted by atomic mass is 16.1. The molecule has 1 aliphatic rings. The van der Waals surface area contributed by atoms with Gasteiger partial charge in [0.05, 0.1) is 11.0 Å². The summed E-state index contributed by atoms with van der Waals surface area (Å²) >= 11 is 0. The maximum absolute atomic E-state index is 11.9. The SMILES string of the molecule is CCc1cc(=O)[nH]c(-c2ccc(N3CCC(n4c(CC)nc5ccccc54)CC3)nc2)n1. The number of H-pyrrole nitrogens is 1. The van der Waals surface area contributed by atoms with Crippen LogP contribution in [0.5, 0.6) is 0 Å². The summed E-state index contributed by atoms with van der Waals surface area (Å²) in [5, 5.41) is 0. The molecule has 0 atom stereocenters. The average Bonchev–Trinajstić information content (AvgIpc) is 3.22. The van der Waals surface area contributed by atoms with Crippen molar-refractivity contribution >= 4 is 16.9 Å². The molecule has 0 aliphatic carbocycles. The van der Waals surface area contributed by atoms with Crippen molar-refractivity contribution in [2.45, 2.75) is 45.6 Å². The smallest absolute Gasteiger partial charge is 0.251 e. The van der Waals surface area contributed by atoms with Crippen molar-refractivity contribution in [3.8, 4) is 11.4 Å². The van der Waals surface area contributed by atoms with Crippen molar-refractivity contribution in [3.05, 3.63) is 70.5 Å². The molecular formula is C25H28N6O. The lowest BCUT2D eigenvalue weighted by atomic mass is 10.0. The van der Waals surface area contributed by atoms with Gasteiger partial charge in [-0.25, -0.2) is 15.0 Å². The summed E-state index contributed by atoms with van der Waals surface area (Å²) in [5.41, 5.74) is 3.81. The molecule has 0 spiro atoms. The number of rotatable bonds is 5. The molecule has 1 aromatic carbocycles. The standard InChI is InChI=1S/C25H28N6O/c1-3-18-15-24(32)29-25(27-18)17-9-10-23(26-16-17)30-13-11-19(12-14-30)31-21-8-6-5-7-20(21)28-22(31)4-2/h5-10,15-16,19H,3-4,11-14H2,1-2H3,(H,27,29,32). The van der Waals surface area contributed by atoms with Crippen molar-refractivity contribution in [3.63, 3.8) is 0 Å². The van der Waals surface area contributed by atoms with E-state index in [2.05, 4.69) is 55.6 Å². The second kappa shape index (κ2) is 8.57. The first-order valence-corrected chi connectivity index (χ1v) is 11.4. The third-order valence-corrected chi connectivity index (χ3v) is 6.32. The number of aromatic nitrogens is 5. The molecule has 0 radical (unpaired) electrons. The van der Waals surface area contributed by atoms with Crippen LogP contribution >= 0.6 is 0 Å². The molecule has 5 rings (SSSR count). The van der Waals surface area contributed by atoms with Crippen molar-refractivity contribution in [2.24, 2.45) is 0 Å². The third kappa shape index (κ3) is 3.79. The third-order valence-electron chi connectivity index (χ3n) is 6.32. The van der Waals surface area contributed by atoms with Gasteiger partial charge in [-0.1, -0.05) is 26.0 Å². The molecule has 1 saturated heterocycles. The van der Waals surface area contributed by atoms with E-state index in [4.69, 9.17) is 4.98 Å². The highest BCUT2D eigenvalue weighted by Crippen LogP contribution is 2.31. The van der Waals surface area contributed by atoms with Crippen LogP contribution in [0.3, 0.4) is 0 Å². The average molecular weight is 429 g/mol. The Kier molecular flexibility index (Phi) is 5.47. The molecular weight excluding hydrogens is 400 g/mol. The summed E-state index contributed by atoms with van der Waals surface area (Å²) in [6, 6.07) is 14.5. The van der Waals surface area contributed by atoms with E-state index in [1.54, 1.807) is 12.3 Å². The fourth-order valence-corrected chi connectivity index (χ4v) is 4.64. The number of anilines is 1. The number of hydrogen-bond acceptors (Lipinski definition) is 5. The maximum atomic E-state index is 11.9. The molecule has 32 heavy (non-hydrogen) atoms. The number of imidazole rings is 1. The lowest BCUT2D eigenvalue weighted by Gasteiger charge is -2.34. The molecule has 1 N–H and O–H groups in total. The highest BCUT2D eigenvalue weighted by Gasteiger charge is 2.24. The Labute approximate surface area is 187 Å². The van der Waals surface area contributed by atoms with Gasteiger partial charge in [0.1, 0.15) is 17.5 Å². The van der Waals surface area contributed by atoms with Crippen molar-refractivity contribution < 1.29 is 0 Å². The number of fused-ring (bicyclic) bond motifs is 1. The van der Waals surface area contributed by atoms with Gasteiger partial charge in [-0.3, -0.25) is 4.79 Å². The lowest BCUT2D eigenvalue weighted by molar-refractivity contribution is 0.394. The van der Waals surface area contributed by atoms with E-state index in [1.165, 1.54) is 11.3 Å². The van der Waals surface area contributed by atoms with Crippen LogP contribution in [0.4, 0.5) is 5.82 Å². The molecule has 4 heterocycles. The first-order chi connectivity index (χ1) is 15.7. The molecule has 7 heteroatoms. The van der Waals surface area contributed by atoms with Gasteiger partial charge in [0.15, 0.2) is 0 Å². The zero-order valence-corrected chi connectivity index (χ0v) is 18.6. The number of hydrogen-bond donors (Lipinski definition) is 1. The Bertz CT molecular complexity index is 1280. The van der Waals surface area contributed by atoms with Crippen molar-refractivity contribution in [1.29, 1.82) is 0 Å². The van der Waals surface area contributed by atoms with Gasteiger partial charge in [0.25, 0.3) is 5.56 Å². The molecule has 0 unspecified atom stereocenters. The number of aryl methyl sites for hydroxylation is 2. The molecule has 164 valence electrons. The Morgan fingerprint density at radius 3 is 2.56 bits per heavy atom. The van der Waals surface area contributed by atoms with Crippen LogP contribution in [0.2, 0.25) is 0 Å². The van der Waals surface area contributed by atoms with Gasteiger partial charge in [-0.05, 0) is 43.5 Å². The molecule has 7 nitrogen and oxygen atoms in total. The van der Waals surface area contributed by atoms with Gasteiger partial charge in [-0.2, -0.15) is 0 Å². The Hall–Kier alpha value is -3.48. The second-order valence-corrected chi connectivity index (χ2v) is 8.30. The van der Waals surface area contributed by atoms with Crippen LogP contribution in [0.15, 0.2) is 53.5 Å². The summed E-state index contributed by atoms with van der Waals surface area (Å²) in [4.78, 5) is 31.1. The fourth-order valence-electron chi connectivity index (χ4n) is 4.64. The van der Waals surface area contributed by atoms with E-state index < -0.39 is 0 Å². The van der Waals surface area contributed by atoms with E-state index >= 15 is 0 Å². The molecule has 0 amide bonds. The minimum atomic E-state index is -0.128. The van der Waals surface area contributed by atoms with Gasteiger partial charge in [0.2, 0.25) is 0 Å². The van der Waals surface area contributed by atoms with Crippen molar-refractivity contribution in [2.75, 3.05) is 18.0 Å². The Morgan fingerprint density at radius 2 is 1.84 bits per heavy atom. The summed E-state index contributed by atoms with van der Waals surface area (Å²) in [6.45, 7) is 6.07. The molecule has 4 aromatic rings. The topological polar surface area (TPSA) is 79.7 Å². The normalized spacial score (nSPS) is 14.9. The fraction of sp³-hybridized carbons (Fsp3) is 0.360. The first kappa shape index (κ1) is 20.4. The number of benzene rings is 1. The van der Waals surface area contributed by atoms with Crippen LogP contribution in [0.25, 0.3) is 22.4 Å². The van der Waals surface area contributed by atoms with E-state index in [9.17, 15) is 4.79 Å². The van der Waals surface area contributed by atoms with E-state index in [-0.39, 0.29) is 5.56 Å². The Morgan fingerprint density at radius 1 is 1.03 bits per heavy atom. The maximum Gasteiger partial charge on any atom is 0.251 e. The summed E-state index contributed by atoms with van der Waals surface area (Å²) < 4.78 is 2.45. The number of nitrogens with zero attached hydrogens (tertiary/aromatic N) is 5. The number of nitrogens with one attached hydrogen (secondary N) is 1. The van der Waals surface area contributed by atoms with E-state index in [0.29, 0.717) is 11.9 Å². The summed E-state index contributed by atoms with van der Waals surface area (Å²) in [7, 11) is 0. The van der Waals surface area contributed by atoms with E-state index in [0.717, 1.165) is 61.4 Å². The lowest BCUT2D eigenvalue weighted by Crippen LogP contribution is -2.35. The number of piperidine rings is 1. The van der Waals surface area contributed by atoms with Crippen molar-refractivity contribution in [1.82, 2.24) is 24.5 Å². The number of pyridine rings is 1. The quantitative estimate of drug-likeness (QED) is 0.517. The Balaban J connectivity index is 1.32. The largest absolute Gasteiger partial charge is 0.356 e. The molecule has 0 bridgehead atoms. The second-order valence-electron chi connectivity index (χ2n) is 8.30. The van der Waals surface area contributed by atoms with Gasteiger partial charge >= 0.3 is 0 Å². The molecule has 1 aliphatic heterocycles. The van der Waals surface area contributed by atoms with Crippen LogP contribution in [-0.4, -0.2) is 37.6 Å². The zero-order chi connectivity index (χ0) is 22.1. The van der Waals surface area contributed by atoms with Gasteiger partial charge in [-0.15, -0.1) is 0 Å².